The van der Waals surface area contributed by atoms with Crippen LogP contribution in [0, 0.1) is 0 Å². The van der Waals surface area contributed by atoms with E-state index in [1.165, 1.54) is 7.11 Å². The minimum absolute atomic E-state index is 0.499. The zero-order valence-corrected chi connectivity index (χ0v) is 20.9. The molecule has 0 aliphatic carbocycles. The van der Waals surface area contributed by atoms with E-state index >= 15 is 0 Å². The van der Waals surface area contributed by atoms with Crippen molar-refractivity contribution in [3.05, 3.63) is 108 Å². The molecule has 2 atom stereocenters. The molecular weight excluding hydrogens is 440 g/mol. The first-order valence-corrected chi connectivity index (χ1v) is 11.7. The summed E-state index contributed by atoms with van der Waals surface area (Å²) in [5, 5.41) is 6.39. The highest BCUT2D eigenvalue weighted by molar-refractivity contribution is 5.78. The Labute approximate surface area is 207 Å². The molecule has 2 unspecified atom stereocenters. The van der Waals surface area contributed by atoms with E-state index < -0.39 is 35.3 Å². The third-order valence-electron chi connectivity index (χ3n) is 5.69. The van der Waals surface area contributed by atoms with Gasteiger partial charge in [0.15, 0.2) is 0 Å². The van der Waals surface area contributed by atoms with Gasteiger partial charge in [0.25, 0.3) is 0 Å². The minimum atomic E-state index is -0.910. The van der Waals surface area contributed by atoms with Gasteiger partial charge in [-0.1, -0.05) is 91.0 Å². The molecule has 0 fully saturated rings. The van der Waals surface area contributed by atoms with Crippen molar-refractivity contribution in [2.45, 2.75) is 50.9 Å². The van der Waals surface area contributed by atoms with E-state index in [0.29, 0.717) is 0 Å². The first kappa shape index (κ1) is 26.0. The second kappa shape index (κ2) is 11.2. The summed E-state index contributed by atoms with van der Waals surface area (Å²) in [5.41, 5.74) is 1.24. The maximum Gasteiger partial charge on any atom is 0.407 e. The zero-order chi connectivity index (χ0) is 25.5. The largest absolute Gasteiger partial charge is 0.468 e. The van der Waals surface area contributed by atoms with Gasteiger partial charge in [0, 0.05) is 0 Å². The number of carbonyl (C=O) groups excluding carboxylic acids is 2. The second-order valence-electron chi connectivity index (χ2n) is 9.43. The number of hydrogen-bond acceptors (Lipinski definition) is 5. The first-order valence-electron chi connectivity index (χ1n) is 11.7. The summed E-state index contributed by atoms with van der Waals surface area (Å²) in [6.07, 6.45) is -0.606. The Morgan fingerprint density at radius 2 is 1.14 bits per heavy atom. The number of rotatable bonds is 8. The van der Waals surface area contributed by atoms with E-state index in [-0.39, 0.29) is 0 Å². The summed E-state index contributed by atoms with van der Waals surface area (Å²) in [4.78, 5) is 25.7. The predicted octanol–water partition coefficient (Wildman–Crippen LogP) is 5.02. The van der Waals surface area contributed by atoms with E-state index in [1.807, 2.05) is 91.0 Å². The number of ether oxygens (including phenoxy) is 2. The van der Waals surface area contributed by atoms with Crippen LogP contribution < -0.4 is 10.6 Å². The number of alkyl carbamates (subject to hydrolysis) is 1. The summed E-state index contributed by atoms with van der Waals surface area (Å²) in [6.45, 7) is 7.12. The van der Waals surface area contributed by atoms with E-state index in [9.17, 15) is 9.59 Å². The molecule has 3 aromatic carbocycles. The van der Waals surface area contributed by atoms with E-state index in [4.69, 9.17) is 9.47 Å². The molecule has 0 radical (unpaired) electrons. The van der Waals surface area contributed by atoms with Crippen LogP contribution in [0.3, 0.4) is 0 Å². The Bertz CT molecular complexity index is 999. The summed E-state index contributed by atoms with van der Waals surface area (Å²) < 4.78 is 10.6. The lowest BCUT2D eigenvalue weighted by Gasteiger charge is -2.41. The summed E-state index contributed by atoms with van der Waals surface area (Å²) >= 11 is 0. The van der Waals surface area contributed by atoms with E-state index in [1.54, 1.807) is 27.7 Å². The molecule has 184 valence electrons. The molecule has 3 rings (SSSR count). The number of benzene rings is 3. The molecule has 0 bridgehead atoms. The lowest BCUT2D eigenvalue weighted by atomic mass is 9.76. The number of nitrogens with one attached hydrogen (secondary N) is 2. The third kappa shape index (κ3) is 6.28. The normalized spacial score (nSPS) is 13.4. The van der Waals surface area contributed by atoms with Gasteiger partial charge in [-0.15, -0.1) is 0 Å². The molecule has 0 saturated carbocycles. The highest BCUT2D eigenvalue weighted by Gasteiger charge is 2.42. The summed E-state index contributed by atoms with van der Waals surface area (Å²) in [5.74, 6) is -0.499. The predicted molar refractivity (Wildman–Crippen MR) is 137 cm³/mol. The molecule has 35 heavy (non-hydrogen) atoms. The molecule has 6 nitrogen and oxygen atoms in total. The van der Waals surface area contributed by atoms with Crippen molar-refractivity contribution >= 4 is 12.1 Å². The van der Waals surface area contributed by atoms with Crippen LogP contribution in [0.5, 0.6) is 0 Å². The molecule has 6 heteroatoms. The van der Waals surface area contributed by atoms with Crippen LogP contribution in [0.15, 0.2) is 91.0 Å². The van der Waals surface area contributed by atoms with Crippen molar-refractivity contribution in [2.24, 2.45) is 0 Å². The average molecular weight is 475 g/mol. The van der Waals surface area contributed by atoms with Gasteiger partial charge in [0.1, 0.15) is 11.6 Å². The molecular formula is C29H34N2O4. The minimum Gasteiger partial charge on any atom is -0.468 e. The number of amides is 1. The monoisotopic (exact) mass is 474 g/mol. The number of esters is 1. The summed E-state index contributed by atoms with van der Waals surface area (Å²) in [7, 11) is 1.34. The van der Waals surface area contributed by atoms with Crippen LogP contribution in [0.4, 0.5) is 4.79 Å². The molecule has 2 N–H and O–H groups in total. The lowest BCUT2D eigenvalue weighted by Crippen LogP contribution is -2.60. The number of carbonyl (C=O) groups is 2. The SMILES string of the molecule is COC(=O)C(NC(c1ccccc1)(c1ccccc1)c1ccccc1)C(C)NC(=O)OC(C)(C)C. The van der Waals surface area contributed by atoms with Crippen LogP contribution in [0.25, 0.3) is 0 Å². The fourth-order valence-corrected chi connectivity index (χ4v) is 4.14. The Morgan fingerprint density at radius 1 is 0.743 bits per heavy atom. The molecule has 0 heterocycles. The van der Waals surface area contributed by atoms with Crippen molar-refractivity contribution < 1.29 is 19.1 Å². The van der Waals surface area contributed by atoms with Gasteiger partial charge in [0.05, 0.1) is 18.7 Å². The summed E-state index contributed by atoms with van der Waals surface area (Å²) in [6, 6.07) is 28.2. The van der Waals surface area contributed by atoms with Crippen LogP contribution in [-0.2, 0) is 19.8 Å². The van der Waals surface area contributed by atoms with Crippen LogP contribution in [0.2, 0.25) is 0 Å². The Kier molecular flexibility index (Phi) is 8.30. The molecule has 0 aliphatic heterocycles. The van der Waals surface area contributed by atoms with Crippen molar-refractivity contribution in [1.82, 2.24) is 10.6 Å². The topological polar surface area (TPSA) is 76.7 Å². The van der Waals surface area contributed by atoms with Crippen molar-refractivity contribution in [2.75, 3.05) is 7.11 Å². The molecule has 0 spiro atoms. The van der Waals surface area contributed by atoms with Gasteiger partial charge in [-0.2, -0.15) is 0 Å². The average Bonchev–Trinajstić information content (AvgIpc) is 2.85. The van der Waals surface area contributed by atoms with Crippen LogP contribution in [0.1, 0.15) is 44.4 Å². The fraction of sp³-hybridized carbons (Fsp3) is 0.310. The van der Waals surface area contributed by atoms with Crippen molar-refractivity contribution in [3.63, 3.8) is 0 Å². The quantitative estimate of drug-likeness (QED) is 0.354. The lowest BCUT2D eigenvalue weighted by molar-refractivity contribution is -0.144. The molecule has 3 aromatic rings. The van der Waals surface area contributed by atoms with Crippen molar-refractivity contribution in [3.8, 4) is 0 Å². The van der Waals surface area contributed by atoms with Gasteiger partial charge in [-0.3, -0.25) is 10.1 Å². The maximum absolute atomic E-state index is 13.1. The Hall–Kier alpha value is -3.64. The smallest absolute Gasteiger partial charge is 0.407 e. The number of hydrogen-bond donors (Lipinski definition) is 2. The van der Waals surface area contributed by atoms with Gasteiger partial charge in [-0.25, -0.2) is 4.79 Å². The molecule has 0 aromatic heterocycles. The molecule has 0 saturated heterocycles. The Morgan fingerprint density at radius 3 is 1.49 bits per heavy atom. The fourth-order valence-electron chi connectivity index (χ4n) is 4.14. The first-order chi connectivity index (χ1) is 16.7. The number of methoxy groups -OCH3 is 1. The Balaban J connectivity index is 2.14. The second-order valence-corrected chi connectivity index (χ2v) is 9.43. The highest BCUT2D eigenvalue weighted by atomic mass is 16.6. The molecule has 0 aliphatic rings. The highest BCUT2D eigenvalue weighted by Crippen LogP contribution is 2.37. The van der Waals surface area contributed by atoms with Gasteiger partial charge >= 0.3 is 12.1 Å². The molecule has 1 amide bonds. The van der Waals surface area contributed by atoms with E-state index in [0.717, 1.165) is 16.7 Å². The third-order valence-corrected chi connectivity index (χ3v) is 5.69. The van der Waals surface area contributed by atoms with Crippen LogP contribution >= 0.6 is 0 Å². The van der Waals surface area contributed by atoms with E-state index in [2.05, 4.69) is 10.6 Å². The van der Waals surface area contributed by atoms with Gasteiger partial charge < -0.3 is 14.8 Å². The standard InChI is InChI=1S/C29H34N2O4/c1-21(30-27(33)35-28(2,3)4)25(26(32)34-5)31-29(22-15-9-6-10-16-22,23-17-11-7-12-18-23)24-19-13-8-14-20-24/h6-21,25,31H,1-5H3,(H,30,33). The van der Waals surface area contributed by atoms with Gasteiger partial charge in [0.2, 0.25) is 0 Å². The zero-order valence-electron chi connectivity index (χ0n) is 20.9. The van der Waals surface area contributed by atoms with Gasteiger partial charge in [-0.05, 0) is 44.4 Å². The van der Waals surface area contributed by atoms with Crippen LogP contribution in [-0.4, -0.2) is 36.9 Å². The van der Waals surface area contributed by atoms with Crippen molar-refractivity contribution in [1.29, 1.82) is 0 Å². The maximum atomic E-state index is 13.1.